The third-order valence-electron chi connectivity index (χ3n) is 1.34. The van der Waals surface area contributed by atoms with Gasteiger partial charge in [-0.1, -0.05) is 13.3 Å². The largest absolute Gasteiger partial charge is 0.253 e. The van der Waals surface area contributed by atoms with E-state index in [9.17, 15) is 0 Å². The average Bonchev–Trinajstić information content (AvgIpc) is 1.63. The predicted octanol–water partition coefficient (Wildman–Crippen LogP) is 1.13. The van der Waals surface area contributed by atoms with Crippen molar-refractivity contribution in [1.29, 1.82) is 0 Å². The zero-order chi connectivity index (χ0) is 7.33. The van der Waals surface area contributed by atoms with Crippen LogP contribution in [0, 0.1) is 0 Å². The molecule has 0 saturated heterocycles. The summed E-state index contributed by atoms with van der Waals surface area (Å²) in [5.41, 5.74) is 0. The molecule has 56 valence electrons. The molecule has 0 amide bonds. The lowest BCUT2D eigenvalue weighted by Crippen LogP contribution is -2.47. The molecular weight excluding hydrogens is 112 g/mol. The van der Waals surface area contributed by atoms with Crippen molar-refractivity contribution < 1.29 is 4.59 Å². The molecule has 0 saturated carbocycles. The molecule has 9 heavy (non-hydrogen) atoms. The Morgan fingerprint density at radius 2 is 1.78 bits per heavy atom. The summed E-state index contributed by atoms with van der Waals surface area (Å²) < 4.78 is 0.611. The predicted molar refractivity (Wildman–Crippen MR) is 40.7 cm³/mol. The highest BCUT2D eigenvalue weighted by Crippen LogP contribution is 1.96. The Balaban J connectivity index is 3.07. The Morgan fingerprint density at radius 3 is 2.11 bits per heavy atom. The quantitative estimate of drug-likeness (QED) is 0.263. The summed E-state index contributed by atoms with van der Waals surface area (Å²) in [4.78, 5) is 0. The molecule has 2 nitrogen and oxygen atoms in total. The maximum Gasteiger partial charge on any atom is 0.0955 e. The van der Waals surface area contributed by atoms with Crippen molar-refractivity contribution in [1.82, 2.24) is 0 Å². The van der Waals surface area contributed by atoms with Crippen molar-refractivity contribution >= 4 is 0 Å². The van der Waals surface area contributed by atoms with Crippen molar-refractivity contribution in [2.75, 3.05) is 20.6 Å². The topological polar surface area (TPSA) is 26.0 Å². The van der Waals surface area contributed by atoms with Gasteiger partial charge < -0.3 is 0 Å². The summed E-state index contributed by atoms with van der Waals surface area (Å²) in [5.74, 6) is 5.71. The van der Waals surface area contributed by atoms with Crippen LogP contribution >= 0.6 is 0 Å². The maximum atomic E-state index is 5.71. The minimum Gasteiger partial charge on any atom is -0.253 e. The minimum absolute atomic E-state index is 0.611. The van der Waals surface area contributed by atoms with Crippen LogP contribution in [-0.2, 0) is 0 Å². The summed E-state index contributed by atoms with van der Waals surface area (Å²) >= 11 is 0. The first-order valence-corrected chi connectivity index (χ1v) is 3.68. The van der Waals surface area contributed by atoms with Crippen LogP contribution in [-0.4, -0.2) is 25.2 Å². The second-order valence-electron chi connectivity index (χ2n) is 3.21. The third-order valence-corrected chi connectivity index (χ3v) is 1.34. The highest BCUT2D eigenvalue weighted by Gasteiger charge is 2.05. The summed E-state index contributed by atoms with van der Waals surface area (Å²) in [6.45, 7) is 3.30. The average molecular weight is 131 g/mol. The van der Waals surface area contributed by atoms with E-state index in [1.165, 1.54) is 19.3 Å². The first-order valence-electron chi connectivity index (χ1n) is 3.68. The number of hydrogen-bond donors (Lipinski definition) is 1. The van der Waals surface area contributed by atoms with Gasteiger partial charge in [-0.3, -0.25) is 4.59 Å². The highest BCUT2D eigenvalue weighted by atomic mass is 15.5. The molecule has 0 unspecified atom stereocenters. The number of nitrogens with two attached hydrogens (primary N) is 1. The fraction of sp³-hybridized carbons (Fsp3) is 1.00. The molecule has 0 aromatic rings. The zero-order valence-electron chi connectivity index (χ0n) is 6.85. The maximum absolute atomic E-state index is 5.71. The molecule has 0 bridgehead atoms. The van der Waals surface area contributed by atoms with Crippen LogP contribution in [0.1, 0.15) is 26.2 Å². The van der Waals surface area contributed by atoms with Crippen molar-refractivity contribution in [3.8, 4) is 0 Å². The van der Waals surface area contributed by atoms with Crippen molar-refractivity contribution in [3.05, 3.63) is 0 Å². The molecule has 0 aliphatic carbocycles. The zero-order valence-corrected chi connectivity index (χ0v) is 6.85. The van der Waals surface area contributed by atoms with Crippen LogP contribution in [0.4, 0.5) is 0 Å². The van der Waals surface area contributed by atoms with Crippen LogP contribution in [0.15, 0.2) is 0 Å². The van der Waals surface area contributed by atoms with Gasteiger partial charge in [0.2, 0.25) is 0 Å². The van der Waals surface area contributed by atoms with E-state index in [2.05, 4.69) is 6.92 Å². The molecule has 0 aromatic carbocycles. The Bertz CT molecular complexity index is 63.8. The molecular formula is C7H19N2+. The second-order valence-corrected chi connectivity index (χ2v) is 3.21. The van der Waals surface area contributed by atoms with Crippen LogP contribution < -0.4 is 5.84 Å². The van der Waals surface area contributed by atoms with E-state index in [1.54, 1.807) is 0 Å². The Hall–Kier alpha value is -0.0800. The molecule has 0 rings (SSSR count). The summed E-state index contributed by atoms with van der Waals surface area (Å²) in [6, 6.07) is 0. The van der Waals surface area contributed by atoms with Gasteiger partial charge in [0.05, 0.1) is 20.6 Å². The lowest BCUT2D eigenvalue weighted by Gasteiger charge is -2.21. The van der Waals surface area contributed by atoms with Gasteiger partial charge in [0.15, 0.2) is 0 Å². The van der Waals surface area contributed by atoms with Gasteiger partial charge in [-0.05, 0) is 12.8 Å². The van der Waals surface area contributed by atoms with Crippen molar-refractivity contribution in [2.45, 2.75) is 26.2 Å². The van der Waals surface area contributed by atoms with E-state index in [0.29, 0.717) is 4.59 Å². The van der Waals surface area contributed by atoms with Gasteiger partial charge in [-0.15, -0.1) is 0 Å². The molecule has 0 aliphatic rings. The van der Waals surface area contributed by atoms with Gasteiger partial charge in [0.1, 0.15) is 0 Å². The van der Waals surface area contributed by atoms with E-state index in [0.717, 1.165) is 6.54 Å². The fourth-order valence-electron chi connectivity index (χ4n) is 0.769. The molecule has 0 aromatic heterocycles. The van der Waals surface area contributed by atoms with Crippen LogP contribution in [0.25, 0.3) is 0 Å². The van der Waals surface area contributed by atoms with Crippen LogP contribution in [0.2, 0.25) is 0 Å². The molecule has 0 radical (unpaired) electrons. The number of unbranched alkanes of at least 4 members (excludes halogenated alkanes) is 2. The summed E-state index contributed by atoms with van der Waals surface area (Å²) in [6.07, 6.45) is 3.83. The van der Waals surface area contributed by atoms with Gasteiger partial charge in [-0.2, -0.15) is 5.84 Å². The third kappa shape index (κ3) is 7.92. The Labute approximate surface area is 58.2 Å². The van der Waals surface area contributed by atoms with Crippen LogP contribution in [0.5, 0.6) is 0 Å². The normalized spacial score (nSPS) is 12.0. The summed E-state index contributed by atoms with van der Waals surface area (Å²) in [7, 11) is 4.05. The van der Waals surface area contributed by atoms with Crippen molar-refractivity contribution in [2.24, 2.45) is 5.84 Å². The van der Waals surface area contributed by atoms with E-state index in [1.807, 2.05) is 14.1 Å². The Morgan fingerprint density at radius 1 is 1.22 bits per heavy atom. The van der Waals surface area contributed by atoms with Gasteiger partial charge in [0, 0.05) is 0 Å². The molecule has 2 N–H and O–H groups in total. The first-order chi connectivity index (χ1) is 4.06. The Kier molecular flexibility index (Phi) is 3.82. The minimum atomic E-state index is 0.611. The first kappa shape index (κ1) is 8.92. The SMILES string of the molecule is CCCCC[N+](C)(C)N. The standard InChI is InChI=1S/C7H19N2/c1-4-5-6-7-9(2,3)8/h4-8H2,1-3H3/q+1. The molecule has 0 atom stereocenters. The molecule has 0 spiro atoms. The number of rotatable bonds is 4. The molecule has 2 heteroatoms. The number of nitrogens with zero attached hydrogens (tertiary/aromatic N) is 1. The van der Waals surface area contributed by atoms with Gasteiger partial charge in [0.25, 0.3) is 0 Å². The molecule has 0 aliphatic heterocycles. The fourth-order valence-corrected chi connectivity index (χ4v) is 0.769. The van der Waals surface area contributed by atoms with E-state index < -0.39 is 0 Å². The van der Waals surface area contributed by atoms with Crippen molar-refractivity contribution in [3.63, 3.8) is 0 Å². The van der Waals surface area contributed by atoms with E-state index in [-0.39, 0.29) is 0 Å². The lowest BCUT2D eigenvalue weighted by molar-refractivity contribution is -0.902. The number of quaternary nitrogens is 1. The number of hydrogen-bond acceptors (Lipinski definition) is 1. The lowest BCUT2D eigenvalue weighted by atomic mass is 10.2. The highest BCUT2D eigenvalue weighted by molar-refractivity contribution is 4.33. The smallest absolute Gasteiger partial charge is 0.0955 e. The summed E-state index contributed by atoms with van der Waals surface area (Å²) in [5, 5.41) is 0. The van der Waals surface area contributed by atoms with Crippen LogP contribution in [0.3, 0.4) is 0 Å². The monoisotopic (exact) mass is 131 g/mol. The van der Waals surface area contributed by atoms with E-state index >= 15 is 0 Å². The molecule has 0 heterocycles. The molecule has 0 fully saturated rings. The van der Waals surface area contributed by atoms with Gasteiger partial charge in [-0.25, -0.2) is 0 Å². The van der Waals surface area contributed by atoms with Gasteiger partial charge >= 0.3 is 0 Å². The second kappa shape index (κ2) is 3.85. The van der Waals surface area contributed by atoms with E-state index in [4.69, 9.17) is 5.84 Å².